The summed E-state index contributed by atoms with van der Waals surface area (Å²) in [6.45, 7) is 9.26. The number of sulfonamides is 1. The fourth-order valence-electron chi connectivity index (χ4n) is 3.94. The Hall–Kier alpha value is -3.56. The van der Waals surface area contributed by atoms with Crippen molar-refractivity contribution in [3.8, 4) is 0 Å². The molecule has 0 bridgehead atoms. The van der Waals surface area contributed by atoms with Gasteiger partial charge in [0.1, 0.15) is 11.9 Å². The summed E-state index contributed by atoms with van der Waals surface area (Å²) in [5.74, 6) is -1.31. The molecule has 3 aromatic rings. The number of rotatable bonds is 5. The first-order valence-electron chi connectivity index (χ1n) is 12.1. The van der Waals surface area contributed by atoms with E-state index in [9.17, 15) is 22.4 Å². The van der Waals surface area contributed by atoms with Crippen LogP contribution in [0.3, 0.4) is 0 Å². The highest BCUT2D eigenvalue weighted by Gasteiger charge is 2.35. The maximum absolute atomic E-state index is 13.5. The number of halogens is 1. The minimum atomic E-state index is -3.74. The molecular formula is C28H32FN3O4S. The van der Waals surface area contributed by atoms with Gasteiger partial charge in [0, 0.05) is 23.2 Å². The molecule has 1 heterocycles. The van der Waals surface area contributed by atoms with Gasteiger partial charge in [0.05, 0.1) is 10.6 Å². The van der Waals surface area contributed by atoms with Crippen LogP contribution in [0.2, 0.25) is 0 Å². The van der Waals surface area contributed by atoms with Crippen LogP contribution in [-0.4, -0.2) is 31.8 Å². The van der Waals surface area contributed by atoms with Crippen LogP contribution in [0.15, 0.2) is 77.7 Å². The van der Waals surface area contributed by atoms with Gasteiger partial charge in [0.2, 0.25) is 10.0 Å². The van der Waals surface area contributed by atoms with Crippen LogP contribution in [0, 0.1) is 5.82 Å². The molecule has 1 aliphatic rings. The van der Waals surface area contributed by atoms with Crippen LogP contribution in [-0.2, 0) is 21.2 Å². The summed E-state index contributed by atoms with van der Waals surface area (Å²) < 4.78 is 41.2. The molecule has 0 saturated heterocycles. The van der Waals surface area contributed by atoms with Gasteiger partial charge in [-0.05, 0) is 80.9 Å². The number of amides is 2. The fraction of sp³-hybridized carbons (Fsp3) is 0.286. The van der Waals surface area contributed by atoms with Gasteiger partial charge in [-0.2, -0.15) is 0 Å². The lowest BCUT2D eigenvalue weighted by Crippen LogP contribution is -2.51. The highest BCUT2D eigenvalue weighted by atomic mass is 32.2. The molecule has 1 aliphatic heterocycles. The van der Waals surface area contributed by atoms with E-state index in [1.165, 1.54) is 41.3 Å². The predicted molar refractivity (Wildman–Crippen MR) is 143 cm³/mol. The maximum atomic E-state index is 13.5. The number of hydrogen-bond donors (Lipinski definition) is 2. The van der Waals surface area contributed by atoms with Crippen LogP contribution < -0.4 is 14.9 Å². The van der Waals surface area contributed by atoms with Gasteiger partial charge in [-0.3, -0.25) is 14.5 Å². The molecule has 2 N–H and O–H groups in total. The molecule has 37 heavy (non-hydrogen) atoms. The molecule has 4 rings (SSSR count). The second-order valence-corrected chi connectivity index (χ2v) is 11.1. The molecule has 0 spiro atoms. The molecule has 0 radical (unpaired) electrons. The Kier molecular flexibility index (Phi) is 8.50. The molecule has 2 amide bonds. The molecule has 1 atom stereocenters. The first-order valence-corrected chi connectivity index (χ1v) is 13.6. The number of fused-ring (bicyclic) bond motifs is 1. The Balaban J connectivity index is 0.00000186. The normalized spacial score (nSPS) is 15.4. The Morgan fingerprint density at radius 1 is 0.946 bits per heavy atom. The molecule has 1 unspecified atom stereocenters. The van der Waals surface area contributed by atoms with Crippen molar-refractivity contribution in [2.75, 3.05) is 4.90 Å². The molecule has 0 aromatic heterocycles. The predicted octanol–water partition coefficient (Wildman–Crippen LogP) is 4.95. The Morgan fingerprint density at radius 2 is 1.54 bits per heavy atom. The molecule has 7 nitrogen and oxygen atoms in total. The van der Waals surface area contributed by atoms with E-state index in [2.05, 4.69) is 10.0 Å². The second kappa shape index (κ2) is 11.2. The number of nitrogens with zero attached hydrogens (tertiary/aromatic N) is 1. The average molecular weight is 526 g/mol. The monoisotopic (exact) mass is 525 g/mol. The number of carbonyl (C=O) groups excluding carboxylic acids is 2. The third-order valence-electron chi connectivity index (χ3n) is 5.43. The van der Waals surface area contributed by atoms with Gasteiger partial charge in [0.25, 0.3) is 11.8 Å². The molecule has 0 aliphatic carbocycles. The quantitative estimate of drug-likeness (QED) is 0.493. The highest BCUT2D eigenvalue weighted by Crippen LogP contribution is 2.34. The maximum Gasteiger partial charge on any atom is 0.254 e. The van der Waals surface area contributed by atoms with E-state index in [1.54, 1.807) is 39.0 Å². The van der Waals surface area contributed by atoms with Crippen molar-refractivity contribution in [2.45, 2.75) is 57.5 Å². The Bertz CT molecular complexity index is 1370. The van der Waals surface area contributed by atoms with Crippen LogP contribution in [0.5, 0.6) is 0 Å². The number of anilines is 2. The van der Waals surface area contributed by atoms with E-state index in [4.69, 9.17) is 0 Å². The standard InChI is InChI=1S/C26H26FN3O4S.C2H6/c1-26(2,3)29-35(33,34)21-14-12-20(13-15-21)30-23-7-5-4-6-18(23)16-22(25(30)32)28-24(31)17-8-10-19(27)11-9-17;1-2/h4-15,22,29H,16H2,1-3H3,(H,28,31);1-2H3. The van der Waals surface area contributed by atoms with Crippen LogP contribution in [0.25, 0.3) is 0 Å². The van der Waals surface area contributed by atoms with E-state index in [1.807, 2.05) is 32.0 Å². The van der Waals surface area contributed by atoms with Crippen molar-refractivity contribution in [3.63, 3.8) is 0 Å². The molecule has 9 heteroatoms. The third kappa shape index (κ3) is 6.61. The van der Waals surface area contributed by atoms with Crippen molar-refractivity contribution >= 4 is 33.2 Å². The van der Waals surface area contributed by atoms with Gasteiger partial charge in [0.15, 0.2) is 0 Å². The van der Waals surface area contributed by atoms with Crippen LogP contribution in [0.4, 0.5) is 15.8 Å². The summed E-state index contributed by atoms with van der Waals surface area (Å²) >= 11 is 0. The largest absolute Gasteiger partial charge is 0.340 e. The Morgan fingerprint density at radius 3 is 2.14 bits per heavy atom. The molecular weight excluding hydrogens is 493 g/mol. The van der Waals surface area contributed by atoms with Gasteiger partial charge >= 0.3 is 0 Å². The van der Waals surface area contributed by atoms with E-state index < -0.39 is 33.3 Å². The topological polar surface area (TPSA) is 95.6 Å². The third-order valence-corrected chi connectivity index (χ3v) is 7.21. The second-order valence-electron chi connectivity index (χ2n) is 9.39. The number of benzene rings is 3. The summed E-state index contributed by atoms with van der Waals surface area (Å²) in [7, 11) is -3.74. The van der Waals surface area contributed by atoms with E-state index >= 15 is 0 Å². The summed E-state index contributed by atoms with van der Waals surface area (Å²) in [4.78, 5) is 27.8. The number of nitrogens with one attached hydrogen (secondary N) is 2. The van der Waals surface area contributed by atoms with Crippen molar-refractivity contribution in [3.05, 3.63) is 89.7 Å². The van der Waals surface area contributed by atoms with E-state index in [0.29, 0.717) is 17.8 Å². The molecule has 3 aromatic carbocycles. The summed E-state index contributed by atoms with van der Waals surface area (Å²) in [5, 5.41) is 2.75. The fourth-order valence-corrected chi connectivity index (χ4v) is 5.36. The minimum absolute atomic E-state index is 0.0788. The smallest absolute Gasteiger partial charge is 0.254 e. The van der Waals surface area contributed by atoms with E-state index in [-0.39, 0.29) is 16.4 Å². The Labute approximate surface area is 217 Å². The van der Waals surface area contributed by atoms with E-state index in [0.717, 1.165) is 5.56 Å². The van der Waals surface area contributed by atoms with Gasteiger partial charge in [-0.1, -0.05) is 32.0 Å². The first kappa shape index (κ1) is 28.0. The number of para-hydroxylation sites is 1. The zero-order chi connectivity index (χ0) is 27.4. The van der Waals surface area contributed by atoms with Crippen LogP contribution in [0.1, 0.15) is 50.5 Å². The summed E-state index contributed by atoms with van der Waals surface area (Å²) in [6.07, 6.45) is 0.292. The number of hydrogen-bond acceptors (Lipinski definition) is 4. The van der Waals surface area contributed by atoms with Gasteiger partial charge in [-0.25, -0.2) is 17.5 Å². The van der Waals surface area contributed by atoms with Crippen molar-refractivity contribution < 1.29 is 22.4 Å². The zero-order valence-corrected chi connectivity index (χ0v) is 22.4. The van der Waals surface area contributed by atoms with Crippen LogP contribution >= 0.6 is 0 Å². The van der Waals surface area contributed by atoms with Crippen molar-refractivity contribution in [2.24, 2.45) is 0 Å². The highest BCUT2D eigenvalue weighted by molar-refractivity contribution is 7.89. The lowest BCUT2D eigenvalue weighted by Gasteiger charge is -2.34. The summed E-state index contributed by atoms with van der Waals surface area (Å²) in [6, 6.07) is 17.6. The summed E-state index contributed by atoms with van der Waals surface area (Å²) in [5.41, 5.74) is 1.58. The van der Waals surface area contributed by atoms with Crippen molar-refractivity contribution in [1.82, 2.24) is 10.0 Å². The van der Waals surface area contributed by atoms with Crippen molar-refractivity contribution in [1.29, 1.82) is 0 Å². The number of carbonyl (C=O) groups is 2. The first-order chi connectivity index (χ1) is 17.4. The average Bonchev–Trinajstić information content (AvgIpc) is 2.85. The molecule has 0 saturated carbocycles. The molecule has 196 valence electrons. The molecule has 0 fully saturated rings. The lowest BCUT2D eigenvalue weighted by molar-refractivity contribution is -0.120. The lowest BCUT2D eigenvalue weighted by atomic mass is 9.96. The minimum Gasteiger partial charge on any atom is -0.340 e. The SMILES string of the molecule is CC.CC(C)(C)NS(=O)(=O)c1ccc(N2C(=O)C(NC(=O)c3ccc(F)cc3)Cc3ccccc32)cc1. The zero-order valence-electron chi connectivity index (χ0n) is 21.6. The van der Waals surface area contributed by atoms with Gasteiger partial charge < -0.3 is 5.32 Å². The van der Waals surface area contributed by atoms with Gasteiger partial charge in [-0.15, -0.1) is 0 Å².